The third-order valence-corrected chi connectivity index (χ3v) is 5.19. The van der Waals surface area contributed by atoms with Crippen molar-refractivity contribution in [1.29, 1.82) is 0 Å². The fourth-order valence-electron chi connectivity index (χ4n) is 3.67. The summed E-state index contributed by atoms with van der Waals surface area (Å²) in [5, 5.41) is 0. The molecule has 26 heavy (non-hydrogen) atoms. The molecule has 0 spiro atoms. The normalized spacial score (nSPS) is 14.4. The van der Waals surface area contributed by atoms with Crippen LogP contribution in [0.2, 0.25) is 0 Å². The second-order valence-electron chi connectivity index (χ2n) is 6.64. The summed E-state index contributed by atoms with van der Waals surface area (Å²) >= 11 is 0. The largest absolute Gasteiger partial charge is 0.497 e. The Bertz CT molecular complexity index is 725. The van der Waals surface area contributed by atoms with E-state index in [0.29, 0.717) is 0 Å². The van der Waals surface area contributed by atoms with Gasteiger partial charge >= 0.3 is 0 Å². The maximum absolute atomic E-state index is 12.8. The molecular weight excluding hydrogens is 324 g/mol. The van der Waals surface area contributed by atoms with Crippen LogP contribution in [-0.4, -0.2) is 44.1 Å². The predicted molar refractivity (Wildman–Crippen MR) is 106 cm³/mol. The average Bonchev–Trinajstić information content (AvgIpc) is 2.72. The predicted octanol–water partition coefficient (Wildman–Crippen LogP) is 3.78. The molecule has 4 heteroatoms. The molecule has 0 N–H and O–H groups in total. The third kappa shape index (κ3) is 3.69. The molecule has 0 unspecified atom stereocenters. The number of carbonyl (C=O) groups is 1. The van der Waals surface area contributed by atoms with Crippen molar-refractivity contribution in [3.63, 3.8) is 0 Å². The van der Waals surface area contributed by atoms with Crippen molar-refractivity contribution >= 4 is 11.6 Å². The molecule has 0 aromatic heterocycles. The molecule has 2 aromatic rings. The Balaban J connectivity index is 1.70. The van der Waals surface area contributed by atoms with Gasteiger partial charge in [-0.2, -0.15) is 0 Å². The summed E-state index contributed by atoms with van der Waals surface area (Å²) < 4.78 is 5.17. The van der Waals surface area contributed by atoms with Gasteiger partial charge in [0.05, 0.1) is 7.11 Å². The molecule has 1 saturated heterocycles. The SMILES string of the molecule is CCc1cccc(CC)c1N1CCN(C(=O)c2ccc(OC)cc2)CC1. The van der Waals surface area contributed by atoms with Crippen LogP contribution in [0.5, 0.6) is 5.75 Å². The maximum Gasteiger partial charge on any atom is 0.253 e. The van der Waals surface area contributed by atoms with E-state index < -0.39 is 0 Å². The lowest BCUT2D eigenvalue weighted by Gasteiger charge is -2.38. The Morgan fingerprint density at radius 3 is 2.00 bits per heavy atom. The summed E-state index contributed by atoms with van der Waals surface area (Å²) in [6.45, 7) is 7.69. The van der Waals surface area contributed by atoms with E-state index in [1.165, 1.54) is 16.8 Å². The number of hydrogen-bond donors (Lipinski definition) is 0. The number of carbonyl (C=O) groups excluding carboxylic acids is 1. The lowest BCUT2D eigenvalue weighted by Crippen LogP contribution is -2.49. The van der Waals surface area contributed by atoms with E-state index in [0.717, 1.165) is 50.3 Å². The Morgan fingerprint density at radius 2 is 1.50 bits per heavy atom. The fourth-order valence-corrected chi connectivity index (χ4v) is 3.67. The first-order chi connectivity index (χ1) is 12.7. The van der Waals surface area contributed by atoms with E-state index in [9.17, 15) is 4.79 Å². The van der Waals surface area contributed by atoms with Gasteiger partial charge in [-0.05, 0) is 48.2 Å². The minimum Gasteiger partial charge on any atom is -0.497 e. The number of hydrogen-bond acceptors (Lipinski definition) is 3. The topological polar surface area (TPSA) is 32.8 Å². The van der Waals surface area contributed by atoms with Crippen molar-refractivity contribution in [2.24, 2.45) is 0 Å². The molecule has 0 bridgehead atoms. The summed E-state index contributed by atoms with van der Waals surface area (Å²) in [5.41, 5.74) is 4.91. The van der Waals surface area contributed by atoms with E-state index in [1.807, 2.05) is 29.2 Å². The molecule has 0 radical (unpaired) electrons. The summed E-state index contributed by atoms with van der Waals surface area (Å²) in [4.78, 5) is 17.2. The Hall–Kier alpha value is -2.49. The van der Waals surface area contributed by atoms with Gasteiger partial charge in [0.2, 0.25) is 0 Å². The molecular formula is C22H28N2O2. The van der Waals surface area contributed by atoms with E-state index in [2.05, 4.69) is 36.9 Å². The number of para-hydroxylation sites is 1. The van der Waals surface area contributed by atoms with Crippen LogP contribution in [0.3, 0.4) is 0 Å². The van der Waals surface area contributed by atoms with E-state index in [4.69, 9.17) is 4.74 Å². The fraction of sp³-hybridized carbons (Fsp3) is 0.409. The molecule has 2 aromatic carbocycles. The molecule has 1 fully saturated rings. The van der Waals surface area contributed by atoms with Crippen LogP contribution in [0.1, 0.15) is 35.3 Å². The van der Waals surface area contributed by atoms with Crippen molar-refractivity contribution in [3.05, 3.63) is 59.2 Å². The molecule has 1 aliphatic heterocycles. The molecule has 1 heterocycles. The van der Waals surface area contributed by atoms with Crippen LogP contribution in [0, 0.1) is 0 Å². The number of nitrogens with zero attached hydrogens (tertiary/aromatic N) is 2. The highest BCUT2D eigenvalue weighted by Crippen LogP contribution is 2.28. The van der Waals surface area contributed by atoms with Gasteiger partial charge in [0.1, 0.15) is 5.75 Å². The summed E-state index contributed by atoms with van der Waals surface area (Å²) in [6, 6.07) is 14.0. The number of amides is 1. The molecule has 0 aliphatic carbocycles. The number of aryl methyl sites for hydroxylation is 2. The second kappa shape index (κ2) is 8.26. The number of benzene rings is 2. The van der Waals surface area contributed by atoms with Crippen molar-refractivity contribution in [2.45, 2.75) is 26.7 Å². The van der Waals surface area contributed by atoms with Crippen LogP contribution < -0.4 is 9.64 Å². The monoisotopic (exact) mass is 352 g/mol. The van der Waals surface area contributed by atoms with Gasteiger partial charge in [-0.15, -0.1) is 0 Å². The first kappa shape index (κ1) is 18.3. The molecule has 1 aliphatic rings. The Morgan fingerprint density at radius 1 is 0.923 bits per heavy atom. The highest BCUT2D eigenvalue weighted by atomic mass is 16.5. The lowest BCUT2D eigenvalue weighted by atomic mass is 10.0. The Labute approximate surface area is 156 Å². The van der Waals surface area contributed by atoms with Crippen molar-refractivity contribution < 1.29 is 9.53 Å². The number of methoxy groups -OCH3 is 1. The molecule has 0 atom stereocenters. The summed E-state index contributed by atoms with van der Waals surface area (Å²) in [6.07, 6.45) is 2.07. The lowest BCUT2D eigenvalue weighted by molar-refractivity contribution is 0.0746. The number of rotatable bonds is 5. The van der Waals surface area contributed by atoms with Gasteiger partial charge in [-0.25, -0.2) is 0 Å². The van der Waals surface area contributed by atoms with Crippen LogP contribution in [0.15, 0.2) is 42.5 Å². The van der Waals surface area contributed by atoms with E-state index in [1.54, 1.807) is 7.11 Å². The number of ether oxygens (including phenoxy) is 1. The van der Waals surface area contributed by atoms with Gasteiger partial charge in [-0.1, -0.05) is 32.0 Å². The molecule has 138 valence electrons. The summed E-state index contributed by atoms with van der Waals surface area (Å²) in [5.74, 6) is 0.876. The van der Waals surface area contributed by atoms with Crippen molar-refractivity contribution in [2.75, 3.05) is 38.2 Å². The summed E-state index contributed by atoms with van der Waals surface area (Å²) in [7, 11) is 1.63. The van der Waals surface area contributed by atoms with Gasteiger partial charge in [0.25, 0.3) is 5.91 Å². The van der Waals surface area contributed by atoms with Crippen LogP contribution >= 0.6 is 0 Å². The van der Waals surface area contributed by atoms with E-state index in [-0.39, 0.29) is 5.91 Å². The number of anilines is 1. The van der Waals surface area contributed by atoms with Crippen molar-refractivity contribution in [1.82, 2.24) is 4.90 Å². The standard InChI is InChI=1S/C22H28N2O2/c1-4-17-7-6-8-18(5-2)21(17)23-13-15-24(16-14-23)22(25)19-9-11-20(26-3)12-10-19/h6-12H,4-5,13-16H2,1-3H3. The highest BCUT2D eigenvalue weighted by molar-refractivity contribution is 5.94. The molecule has 3 rings (SSSR count). The average molecular weight is 352 g/mol. The minimum absolute atomic E-state index is 0.104. The smallest absolute Gasteiger partial charge is 0.253 e. The Kier molecular flexibility index (Phi) is 5.82. The zero-order valence-corrected chi connectivity index (χ0v) is 16.0. The molecule has 1 amide bonds. The van der Waals surface area contributed by atoms with Crippen LogP contribution in [0.4, 0.5) is 5.69 Å². The maximum atomic E-state index is 12.8. The molecule has 4 nitrogen and oxygen atoms in total. The minimum atomic E-state index is 0.104. The van der Waals surface area contributed by atoms with Gasteiger partial charge in [0.15, 0.2) is 0 Å². The number of piperazine rings is 1. The zero-order valence-electron chi connectivity index (χ0n) is 16.0. The van der Waals surface area contributed by atoms with Gasteiger partial charge < -0.3 is 14.5 Å². The first-order valence-corrected chi connectivity index (χ1v) is 9.47. The van der Waals surface area contributed by atoms with Crippen LogP contribution in [-0.2, 0) is 12.8 Å². The quantitative estimate of drug-likeness (QED) is 0.821. The first-order valence-electron chi connectivity index (χ1n) is 9.47. The third-order valence-electron chi connectivity index (χ3n) is 5.19. The van der Waals surface area contributed by atoms with Crippen molar-refractivity contribution in [3.8, 4) is 5.75 Å². The van der Waals surface area contributed by atoms with Gasteiger partial charge in [-0.3, -0.25) is 4.79 Å². The second-order valence-corrected chi connectivity index (χ2v) is 6.64. The highest BCUT2D eigenvalue weighted by Gasteiger charge is 2.24. The van der Waals surface area contributed by atoms with Gasteiger partial charge in [0, 0.05) is 37.4 Å². The van der Waals surface area contributed by atoms with Crippen LogP contribution in [0.25, 0.3) is 0 Å². The zero-order chi connectivity index (χ0) is 18.5. The molecule has 0 saturated carbocycles. The van der Waals surface area contributed by atoms with E-state index >= 15 is 0 Å².